The monoisotopic (exact) mass is 162 g/mol. The third-order valence-electron chi connectivity index (χ3n) is 0.816. The molecule has 0 unspecified atom stereocenters. The second-order valence-corrected chi connectivity index (χ2v) is 10.6. The molecule has 0 amide bonds. The van der Waals surface area contributed by atoms with Crippen molar-refractivity contribution in [2.75, 3.05) is 0 Å². The highest BCUT2D eigenvalue weighted by atomic mass is 28.3. The lowest BCUT2D eigenvalue weighted by molar-refractivity contribution is 1.41. The Kier molecular flexibility index (Phi) is 11.4. The summed E-state index contributed by atoms with van der Waals surface area (Å²) in [4.78, 5) is 0. The zero-order valence-electron chi connectivity index (χ0n) is 7.86. The molecule has 0 saturated carbocycles. The van der Waals surface area contributed by atoms with Crippen molar-refractivity contribution in [3.8, 4) is 0 Å². The average Bonchev–Trinajstić information content (AvgIpc) is 1.65. The molecule has 0 aromatic rings. The molecule has 0 fully saturated rings. The third-order valence-corrected chi connectivity index (χ3v) is 2.45. The second kappa shape index (κ2) is 8.43. The zero-order chi connectivity index (χ0) is 7.86. The second-order valence-electron chi connectivity index (χ2n) is 3.53. The highest BCUT2D eigenvalue weighted by molar-refractivity contribution is 6.55. The van der Waals surface area contributed by atoms with Crippen LogP contribution in [-0.2, 0) is 0 Å². The molecule has 0 aromatic carbocycles. The molecular weight excluding hydrogens is 140 g/mol. The molecule has 0 saturated heterocycles. The van der Waals surface area contributed by atoms with Crippen LogP contribution >= 0.6 is 0 Å². The maximum absolute atomic E-state index is 2.36. The first kappa shape index (κ1) is 12.1. The van der Waals surface area contributed by atoms with Gasteiger partial charge in [0.15, 0.2) is 0 Å². The minimum atomic E-state index is -0.150. The van der Waals surface area contributed by atoms with Gasteiger partial charge in [0.05, 0.1) is 0 Å². The van der Waals surface area contributed by atoms with Crippen molar-refractivity contribution in [2.45, 2.75) is 45.7 Å². The van der Waals surface area contributed by atoms with Crippen LogP contribution in [0.3, 0.4) is 0 Å². The first-order chi connectivity index (χ1) is 4.00. The molecule has 0 nitrogen and oxygen atoms in total. The molecule has 0 heterocycles. The van der Waals surface area contributed by atoms with Crippen LogP contribution in [0.25, 0.3) is 0 Å². The van der Waals surface area contributed by atoms with Crippen molar-refractivity contribution in [2.24, 2.45) is 0 Å². The van der Waals surface area contributed by atoms with E-state index in [2.05, 4.69) is 39.7 Å². The number of hydrogen-bond acceptors (Lipinski definition) is 0. The van der Waals surface area contributed by atoms with Gasteiger partial charge in [-0.1, -0.05) is 45.7 Å². The summed E-state index contributed by atoms with van der Waals surface area (Å²) in [5.41, 5.74) is 0. The van der Waals surface area contributed by atoms with E-state index in [0.717, 1.165) is 0 Å². The van der Waals surface area contributed by atoms with Gasteiger partial charge >= 0.3 is 0 Å². The SMILES string of the molecule is CC[SiH](C)C.C[SiH](C)C. The Morgan fingerprint density at radius 2 is 1.00 bits per heavy atom. The van der Waals surface area contributed by atoms with E-state index < -0.39 is 0 Å². The van der Waals surface area contributed by atoms with Gasteiger partial charge in [-0.2, -0.15) is 0 Å². The Balaban J connectivity index is 0. The maximum Gasteiger partial charge on any atom is 0.0302 e. The van der Waals surface area contributed by atoms with Gasteiger partial charge in [0.2, 0.25) is 0 Å². The van der Waals surface area contributed by atoms with Crippen molar-refractivity contribution >= 4 is 17.6 Å². The largest absolute Gasteiger partial charge is 0.0724 e. The number of rotatable bonds is 1. The quantitative estimate of drug-likeness (QED) is 0.520. The smallest absolute Gasteiger partial charge is 0.0302 e. The number of hydrogen-bond donors (Lipinski definition) is 0. The van der Waals surface area contributed by atoms with Crippen molar-refractivity contribution in [3.63, 3.8) is 0 Å². The Morgan fingerprint density at radius 1 is 0.889 bits per heavy atom. The molecule has 0 aliphatic carbocycles. The molecule has 0 aliphatic heterocycles. The topological polar surface area (TPSA) is 0 Å². The summed E-state index contributed by atoms with van der Waals surface area (Å²) in [7, 11) is -0.289. The Morgan fingerprint density at radius 3 is 1.00 bits per heavy atom. The van der Waals surface area contributed by atoms with E-state index >= 15 is 0 Å². The van der Waals surface area contributed by atoms with E-state index in [1.807, 2.05) is 0 Å². The van der Waals surface area contributed by atoms with Crippen LogP contribution in [0.5, 0.6) is 0 Å². The van der Waals surface area contributed by atoms with Gasteiger partial charge in [-0.3, -0.25) is 0 Å². The van der Waals surface area contributed by atoms with Crippen molar-refractivity contribution in [1.29, 1.82) is 0 Å². The third kappa shape index (κ3) is 58.9. The van der Waals surface area contributed by atoms with Crippen LogP contribution in [0.2, 0.25) is 38.8 Å². The zero-order valence-corrected chi connectivity index (χ0v) is 10.2. The van der Waals surface area contributed by atoms with Crippen LogP contribution in [-0.4, -0.2) is 17.6 Å². The van der Waals surface area contributed by atoms with Gasteiger partial charge in [-0.05, 0) is 0 Å². The summed E-state index contributed by atoms with van der Waals surface area (Å²) in [5, 5.41) is 0. The van der Waals surface area contributed by atoms with Crippen LogP contribution < -0.4 is 0 Å². The molecule has 0 radical (unpaired) electrons. The molecule has 0 spiro atoms. The van der Waals surface area contributed by atoms with E-state index in [0.29, 0.717) is 0 Å². The van der Waals surface area contributed by atoms with Crippen LogP contribution in [0, 0.1) is 0 Å². The van der Waals surface area contributed by atoms with E-state index in [-0.39, 0.29) is 17.6 Å². The lowest BCUT2D eigenvalue weighted by atomic mass is 11.0. The van der Waals surface area contributed by atoms with Crippen LogP contribution in [0.4, 0.5) is 0 Å². The fourth-order valence-electron chi connectivity index (χ4n) is 0. The predicted molar refractivity (Wildman–Crippen MR) is 54.1 cm³/mol. The molecule has 0 rings (SSSR count). The van der Waals surface area contributed by atoms with Gasteiger partial charge in [0, 0.05) is 17.6 Å². The minimum Gasteiger partial charge on any atom is -0.0724 e. The van der Waals surface area contributed by atoms with Gasteiger partial charge in [0.1, 0.15) is 0 Å². The molecule has 0 atom stereocenters. The lowest BCUT2D eigenvalue weighted by Gasteiger charge is -1.87. The summed E-state index contributed by atoms with van der Waals surface area (Å²) in [6, 6.07) is 1.44. The highest BCUT2D eigenvalue weighted by Gasteiger charge is 1.82. The minimum absolute atomic E-state index is 0.139. The Labute approximate surface area is 63.9 Å². The van der Waals surface area contributed by atoms with Crippen molar-refractivity contribution in [3.05, 3.63) is 0 Å². The molecule has 9 heavy (non-hydrogen) atoms. The Bertz CT molecular complexity index is 39.4. The van der Waals surface area contributed by atoms with Gasteiger partial charge in [-0.15, -0.1) is 0 Å². The first-order valence-electron chi connectivity index (χ1n) is 4.00. The maximum atomic E-state index is 2.36. The summed E-state index contributed by atoms with van der Waals surface area (Å²) < 4.78 is 0. The van der Waals surface area contributed by atoms with Gasteiger partial charge in [0.25, 0.3) is 0 Å². The predicted octanol–water partition coefficient (Wildman–Crippen LogP) is 2.60. The molecule has 0 aromatic heterocycles. The van der Waals surface area contributed by atoms with Gasteiger partial charge < -0.3 is 0 Å². The van der Waals surface area contributed by atoms with Crippen molar-refractivity contribution in [1.82, 2.24) is 0 Å². The Hall–Kier alpha value is 0.434. The normalized spacial score (nSPS) is 9.33. The molecule has 0 bridgehead atoms. The fraction of sp³-hybridized carbons (Fsp3) is 1.00. The van der Waals surface area contributed by atoms with Crippen LogP contribution in [0.15, 0.2) is 0 Å². The van der Waals surface area contributed by atoms with E-state index in [9.17, 15) is 0 Å². The highest BCUT2D eigenvalue weighted by Crippen LogP contribution is 1.83. The molecule has 0 aliphatic rings. The van der Waals surface area contributed by atoms with E-state index in [1.54, 1.807) is 0 Å². The first-order valence-corrected chi connectivity index (χ1v) is 10.6. The standard InChI is InChI=1S/C4H12Si.C3H10Si/c1-4-5(2)3;1-4(2)3/h5H,4H2,1-3H3;4H,1-3H3. The molecule has 2 heteroatoms. The summed E-state index contributed by atoms with van der Waals surface area (Å²) in [6.07, 6.45) is 0. The average molecular weight is 162 g/mol. The molecular formula is C7H22Si2. The van der Waals surface area contributed by atoms with E-state index in [1.165, 1.54) is 6.04 Å². The molecule has 0 N–H and O–H groups in total. The van der Waals surface area contributed by atoms with Crippen molar-refractivity contribution < 1.29 is 0 Å². The van der Waals surface area contributed by atoms with Gasteiger partial charge in [-0.25, -0.2) is 0 Å². The fourth-order valence-corrected chi connectivity index (χ4v) is 0. The van der Waals surface area contributed by atoms with E-state index in [4.69, 9.17) is 0 Å². The summed E-state index contributed by atoms with van der Waals surface area (Å²) >= 11 is 0. The molecule has 58 valence electrons. The van der Waals surface area contributed by atoms with Crippen LogP contribution in [0.1, 0.15) is 6.92 Å². The summed E-state index contributed by atoms with van der Waals surface area (Å²) in [5.74, 6) is 0. The summed E-state index contributed by atoms with van der Waals surface area (Å²) in [6.45, 7) is 13.9. The lowest BCUT2D eigenvalue weighted by Crippen LogP contribution is -1.92.